The number of carbonyl (C=O) groups excluding carboxylic acids is 1. The van der Waals surface area contributed by atoms with Crippen LogP contribution in [0.2, 0.25) is 0 Å². The highest BCUT2D eigenvalue weighted by Gasteiger charge is 2.21. The summed E-state index contributed by atoms with van der Waals surface area (Å²) in [5.74, 6) is 0.0299. The molecule has 4 rings (SSSR count). The lowest BCUT2D eigenvalue weighted by molar-refractivity contribution is 0.0908. The van der Waals surface area contributed by atoms with Crippen molar-refractivity contribution in [3.8, 4) is 10.6 Å². The van der Waals surface area contributed by atoms with Gasteiger partial charge in [0.1, 0.15) is 5.01 Å². The number of aromatic nitrogens is 1. The topological polar surface area (TPSA) is 45.2 Å². The minimum absolute atomic E-state index is 0.0299. The minimum atomic E-state index is 0.0299. The van der Waals surface area contributed by atoms with E-state index in [1.807, 2.05) is 30.3 Å². The standard InChI is InChI=1S/C24H27N3OS/c1-2-18-8-10-20(11-9-18)24-26-22(17-29-24)16-27-14-12-21(13-15-27)25-23(28)19-6-4-3-5-7-19/h3-11,17,21H,2,12-16H2,1H3,(H,25,28). The Kier molecular flexibility index (Phi) is 6.37. The number of piperidine rings is 1. The van der Waals surface area contributed by atoms with E-state index in [0.717, 1.165) is 55.2 Å². The van der Waals surface area contributed by atoms with Gasteiger partial charge in [-0.25, -0.2) is 4.98 Å². The Morgan fingerprint density at radius 3 is 2.52 bits per heavy atom. The highest BCUT2D eigenvalue weighted by atomic mass is 32.1. The first-order valence-corrected chi connectivity index (χ1v) is 11.2. The van der Waals surface area contributed by atoms with Gasteiger partial charge in [0.2, 0.25) is 0 Å². The normalized spacial score (nSPS) is 15.3. The average Bonchev–Trinajstić information content (AvgIpc) is 3.24. The second kappa shape index (κ2) is 9.33. The molecule has 150 valence electrons. The molecular formula is C24H27N3OS. The molecule has 5 heteroatoms. The van der Waals surface area contributed by atoms with Gasteiger partial charge in [0.25, 0.3) is 5.91 Å². The second-order valence-corrected chi connectivity index (χ2v) is 8.44. The molecule has 1 amide bonds. The predicted molar refractivity (Wildman–Crippen MR) is 119 cm³/mol. The first-order valence-electron chi connectivity index (χ1n) is 10.3. The summed E-state index contributed by atoms with van der Waals surface area (Å²) < 4.78 is 0. The monoisotopic (exact) mass is 405 g/mol. The van der Waals surface area contributed by atoms with Crippen LogP contribution >= 0.6 is 11.3 Å². The number of hydrogen-bond acceptors (Lipinski definition) is 4. The number of benzene rings is 2. The van der Waals surface area contributed by atoms with Gasteiger partial charge in [-0.05, 0) is 37.0 Å². The van der Waals surface area contributed by atoms with Crippen LogP contribution in [0, 0.1) is 0 Å². The molecule has 1 N–H and O–H groups in total. The van der Waals surface area contributed by atoms with Crippen LogP contribution in [0.5, 0.6) is 0 Å². The SMILES string of the molecule is CCc1ccc(-c2nc(CN3CCC(NC(=O)c4ccccc4)CC3)cs2)cc1. The number of aryl methyl sites for hydroxylation is 1. The second-order valence-electron chi connectivity index (χ2n) is 7.58. The predicted octanol–water partition coefficient (Wildman–Crippen LogP) is 4.77. The summed E-state index contributed by atoms with van der Waals surface area (Å²) in [6.45, 7) is 5.02. The van der Waals surface area contributed by atoms with E-state index in [1.165, 1.54) is 11.1 Å². The molecule has 0 saturated carbocycles. The van der Waals surface area contributed by atoms with Gasteiger partial charge < -0.3 is 5.32 Å². The molecule has 1 aliphatic rings. The Hall–Kier alpha value is -2.50. The molecule has 2 heterocycles. The maximum atomic E-state index is 12.3. The van der Waals surface area contributed by atoms with Crippen molar-refractivity contribution in [3.05, 3.63) is 76.8 Å². The summed E-state index contributed by atoms with van der Waals surface area (Å²) in [4.78, 5) is 19.6. The zero-order valence-electron chi connectivity index (χ0n) is 16.8. The van der Waals surface area contributed by atoms with E-state index in [0.29, 0.717) is 0 Å². The zero-order chi connectivity index (χ0) is 20.1. The lowest BCUT2D eigenvalue weighted by atomic mass is 10.0. The lowest BCUT2D eigenvalue weighted by Crippen LogP contribution is -2.44. The van der Waals surface area contributed by atoms with E-state index in [9.17, 15) is 4.79 Å². The fraction of sp³-hybridized carbons (Fsp3) is 0.333. The van der Waals surface area contributed by atoms with Crippen LogP contribution in [0.4, 0.5) is 0 Å². The maximum Gasteiger partial charge on any atom is 0.251 e. The lowest BCUT2D eigenvalue weighted by Gasteiger charge is -2.31. The van der Waals surface area contributed by atoms with Crippen LogP contribution in [-0.2, 0) is 13.0 Å². The number of nitrogens with one attached hydrogen (secondary N) is 1. The molecule has 1 aliphatic heterocycles. The molecule has 3 aromatic rings. The molecule has 1 saturated heterocycles. The summed E-state index contributed by atoms with van der Waals surface area (Å²) in [7, 11) is 0. The highest BCUT2D eigenvalue weighted by Crippen LogP contribution is 2.25. The fourth-order valence-corrected chi connectivity index (χ4v) is 4.54. The third-order valence-corrected chi connectivity index (χ3v) is 6.45. The quantitative estimate of drug-likeness (QED) is 0.643. The number of hydrogen-bond donors (Lipinski definition) is 1. The van der Waals surface area contributed by atoms with Gasteiger partial charge in [-0.3, -0.25) is 9.69 Å². The summed E-state index contributed by atoms with van der Waals surface area (Å²) in [5.41, 5.74) is 4.42. The Balaban J connectivity index is 1.27. The zero-order valence-corrected chi connectivity index (χ0v) is 17.6. The van der Waals surface area contributed by atoms with E-state index in [2.05, 4.69) is 46.8 Å². The maximum absolute atomic E-state index is 12.3. The molecule has 0 radical (unpaired) electrons. The van der Waals surface area contributed by atoms with E-state index < -0.39 is 0 Å². The Labute approximate surface area is 176 Å². The number of amides is 1. The molecule has 29 heavy (non-hydrogen) atoms. The third-order valence-electron chi connectivity index (χ3n) is 5.51. The van der Waals surface area contributed by atoms with Gasteiger partial charge in [-0.15, -0.1) is 11.3 Å². The third kappa shape index (κ3) is 5.11. The van der Waals surface area contributed by atoms with Gasteiger partial charge in [-0.1, -0.05) is 49.4 Å². The van der Waals surface area contributed by atoms with Crippen LogP contribution in [0.15, 0.2) is 60.0 Å². The number of carbonyl (C=O) groups is 1. The van der Waals surface area contributed by atoms with E-state index in [1.54, 1.807) is 11.3 Å². The molecule has 0 unspecified atom stereocenters. The molecule has 0 atom stereocenters. The summed E-state index contributed by atoms with van der Waals surface area (Å²) in [6.07, 6.45) is 3.02. The van der Waals surface area contributed by atoms with E-state index in [-0.39, 0.29) is 11.9 Å². The molecule has 0 spiro atoms. The van der Waals surface area contributed by atoms with Gasteiger partial charge in [0.05, 0.1) is 5.69 Å². The van der Waals surface area contributed by atoms with Gasteiger partial charge in [0, 0.05) is 42.2 Å². The average molecular weight is 406 g/mol. The Morgan fingerprint density at radius 2 is 1.83 bits per heavy atom. The summed E-state index contributed by atoms with van der Waals surface area (Å²) in [6, 6.07) is 18.4. The molecule has 1 aromatic heterocycles. The number of nitrogens with zero attached hydrogens (tertiary/aromatic N) is 2. The van der Waals surface area contributed by atoms with E-state index >= 15 is 0 Å². The van der Waals surface area contributed by atoms with Crippen molar-refractivity contribution in [1.82, 2.24) is 15.2 Å². The van der Waals surface area contributed by atoms with Crippen LogP contribution in [-0.4, -0.2) is 34.9 Å². The van der Waals surface area contributed by atoms with Crippen molar-refractivity contribution < 1.29 is 4.79 Å². The van der Waals surface area contributed by atoms with Crippen molar-refractivity contribution in [2.24, 2.45) is 0 Å². The fourth-order valence-electron chi connectivity index (χ4n) is 3.72. The smallest absolute Gasteiger partial charge is 0.251 e. The Morgan fingerprint density at radius 1 is 1.10 bits per heavy atom. The first-order chi connectivity index (χ1) is 14.2. The van der Waals surface area contributed by atoms with Crippen molar-refractivity contribution in [2.45, 2.75) is 38.8 Å². The minimum Gasteiger partial charge on any atom is -0.349 e. The van der Waals surface area contributed by atoms with Gasteiger partial charge >= 0.3 is 0 Å². The highest BCUT2D eigenvalue weighted by molar-refractivity contribution is 7.13. The van der Waals surface area contributed by atoms with E-state index in [4.69, 9.17) is 4.98 Å². The molecule has 1 fully saturated rings. The van der Waals surface area contributed by atoms with Crippen molar-refractivity contribution in [3.63, 3.8) is 0 Å². The Bertz CT molecular complexity index is 928. The van der Waals surface area contributed by atoms with Crippen molar-refractivity contribution in [2.75, 3.05) is 13.1 Å². The van der Waals surface area contributed by atoms with Gasteiger partial charge in [0.15, 0.2) is 0 Å². The summed E-state index contributed by atoms with van der Waals surface area (Å²) in [5, 5.41) is 6.44. The number of rotatable bonds is 6. The van der Waals surface area contributed by atoms with Crippen LogP contribution in [0.1, 0.15) is 41.4 Å². The van der Waals surface area contributed by atoms with Crippen molar-refractivity contribution in [1.29, 1.82) is 0 Å². The molecule has 2 aromatic carbocycles. The van der Waals surface area contributed by atoms with Crippen LogP contribution in [0.25, 0.3) is 10.6 Å². The van der Waals surface area contributed by atoms with Gasteiger partial charge in [-0.2, -0.15) is 0 Å². The first kappa shape index (κ1) is 19.8. The molecule has 0 aliphatic carbocycles. The number of likely N-dealkylation sites (tertiary alicyclic amines) is 1. The van der Waals surface area contributed by atoms with Crippen LogP contribution < -0.4 is 5.32 Å². The molecule has 0 bridgehead atoms. The van der Waals surface area contributed by atoms with Crippen LogP contribution in [0.3, 0.4) is 0 Å². The summed E-state index contributed by atoms with van der Waals surface area (Å²) >= 11 is 1.72. The largest absolute Gasteiger partial charge is 0.349 e. The van der Waals surface area contributed by atoms with Crippen molar-refractivity contribution >= 4 is 17.2 Å². The molecule has 4 nitrogen and oxygen atoms in total. The molecular weight excluding hydrogens is 378 g/mol. The number of thiazole rings is 1.